The molecule has 4 rings (SSSR count). The zero-order chi connectivity index (χ0) is 18.4. The number of hydrogen-bond donors (Lipinski definition) is 2. The fourth-order valence-corrected chi connectivity index (χ4v) is 3.22. The van der Waals surface area contributed by atoms with Crippen molar-refractivity contribution in [3.63, 3.8) is 0 Å². The number of hydrogen-bond acceptors (Lipinski definition) is 4. The molecule has 128 valence electrons. The van der Waals surface area contributed by atoms with Crippen molar-refractivity contribution in [3.8, 4) is 11.8 Å². The first-order valence-electron chi connectivity index (χ1n) is 7.68. The lowest BCUT2D eigenvalue weighted by Gasteiger charge is -2.26. The summed E-state index contributed by atoms with van der Waals surface area (Å²) in [5.74, 6) is -2.80. The monoisotopic (exact) mass is 351 g/mol. The number of nitrogens with two attached hydrogens (primary N) is 1. The third-order valence-electron chi connectivity index (χ3n) is 4.36. The Bertz CT molecular complexity index is 1190. The maximum Gasteiger partial charge on any atom is 0.256 e. The van der Waals surface area contributed by atoms with Crippen LogP contribution in [0.3, 0.4) is 0 Å². The van der Waals surface area contributed by atoms with Crippen molar-refractivity contribution in [1.82, 2.24) is 4.98 Å². The Morgan fingerprint density at radius 1 is 1.19 bits per heavy atom. The molecule has 0 fully saturated rings. The van der Waals surface area contributed by atoms with Crippen LogP contribution in [0, 0.1) is 23.0 Å². The summed E-state index contributed by atoms with van der Waals surface area (Å²) >= 11 is 0. The Balaban J connectivity index is 2.10. The van der Waals surface area contributed by atoms with E-state index in [2.05, 4.69) is 4.98 Å². The van der Waals surface area contributed by atoms with E-state index in [0.717, 1.165) is 6.07 Å². The van der Waals surface area contributed by atoms with Crippen LogP contribution in [-0.4, -0.2) is 4.98 Å². The number of nitrogens with zero attached hydrogens (tertiary/aromatic N) is 1. The van der Waals surface area contributed by atoms with Gasteiger partial charge in [-0.3, -0.25) is 4.79 Å². The largest absolute Gasteiger partial charge is 0.439 e. The highest BCUT2D eigenvalue weighted by atomic mass is 19.1. The van der Waals surface area contributed by atoms with E-state index in [4.69, 9.17) is 10.5 Å². The molecule has 1 atom stereocenters. The topological polar surface area (TPSA) is 91.9 Å². The van der Waals surface area contributed by atoms with Crippen molar-refractivity contribution in [2.45, 2.75) is 5.92 Å². The highest BCUT2D eigenvalue weighted by Gasteiger charge is 2.36. The number of nitrogens with one attached hydrogen (secondary N) is 1. The molecule has 1 aromatic heterocycles. The molecule has 5 nitrogen and oxygen atoms in total. The highest BCUT2D eigenvalue weighted by Crippen LogP contribution is 2.43. The van der Waals surface area contributed by atoms with Crippen LogP contribution < -0.4 is 16.0 Å². The van der Waals surface area contributed by atoms with E-state index in [1.807, 2.05) is 6.07 Å². The normalized spacial score (nSPS) is 16.1. The van der Waals surface area contributed by atoms with Gasteiger partial charge in [0.15, 0.2) is 0 Å². The molecule has 0 aliphatic carbocycles. The Morgan fingerprint density at radius 2 is 1.96 bits per heavy atom. The first kappa shape index (κ1) is 15.8. The zero-order valence-corrected chi connectivity index (χ0v) is 13.2. The van der Waals surface area contributed by atoms with Crippen LogP contribution in [0.25, 0.3) is 10.9 Å². The molecule has 0 bridgehead atoms. The van der Waals surface area contributed by atoms with E-state index >= 15 is 0 Å². The third-order valence-corrected chi connectivity index (χ3v) is 4.36. The molecular formula is C19H11F2N3O2. The van der Waals surface area contributed by atoms with Gasteiger partial charge in [0.2, 0.25) is 5.88 Å². The molecule has 0 spiro atoms. The van der Waals surface area contributed by atoms with E-state index in [1.54, 1.807) is 24.3 Å². The Kier molecular flexibility index (Phi) is 3.48. The number of halogens is 2. The lowest BCUT2D eigenvalue weighted by molar-refractivity contribution is 0.395. The summed E-state index contributed by atoms with van der Waals surface area (Å²) in [6.07, 6.45) is 0. The summed E-state index contributed by atoms with van der Waals surface area (Å²) in [6.45, 7) is 0. The number of aromatic amines is 1. The van der Waals surface area contributed by atoms with Crippen molar-refractivity contribution in [1.29, 1.82) is 5.26 Å². The molecule has 1 unspecified atom stereocenters. The number of pyridine rings is 1. The molecule has 7 heteroatoms. The minimum atomic E-state index is -1.10. The highest BCUT2D eigenvalue weighted by molar-refractivity contribution is 5.87. The smallest absolute Gasteiger partial charge is 0.256 e. The molecule has 3 N–H and O–H groups in total. The summed E-state index contributed by atoms with van der Waals surface area (Å²) in [5, 5.41) is 10.1. The van der Waals surface area contributed by atoms with E-state index in [1.165, 1.54) is 6.07 Å². The van der Waals surface area contributed by atoms with Crippen LogP contribution in [0.5, 0.6) is 5.75 Å². The summed E-state index contributed by atoms with van der Waals surface area (Å²) in [7, 11) is 0. The minimum Gasteiger partial charge on any atom is -0.439 e. The van der Waals surface area contributed by atoms with Gasteiger partial charge in [0, 0.05) is 17.0 Å². The van der Waals surface area contributed by atoms with Gasteiger partial charge < -0.3 is 15.5 Å². The summed E-state index contributed by atoms with van der Waals surface area (Å²) in [5.41, 5.74) is 5.78. The van der Waals surface area contributed by atoms with Crippen LogP contribution in [0.15, 0.2) is 58.7 Å². The van der Waals surface area contributed by atoms with Crippen molar-refractivity contribution in [3.05, 3.63) is 87.0 Å². The molecule has 26 heavy (non-hydrogen) atoms. The minimum absolute atomic E-state index is 0.0313. The quantitative estimate of drug-likeness (QED) is 0.705. The predicted octanol–water partition coefficient (Wildman–Crippen LogP) is 3.02. The van der Waals surface area contributed by atoms with Gasteiger partial charge >= 0.3 is 0 Å². The summed E-state index contributed by atoms with van der Waals surface area (Å²) in [6, 6.07) is 11.7. The summed E-state index contributed by atoms with van der Waals surface area (Å²) < 4.78 is 33.3. The average molecular weight is 351 g/mol. The number of H-pyrrole nitrogens is 1. The number of benzene rings is 2. The molecule has 0 radical (unpaired) electrons. The standard InChI is InChI=1S/C19H11F2N3O2/c20-9-5-6-10(13(21)7-9)15-12(8-22)18(23)26-17-11-3-1-2-4-14(11)24-19(25)16(15)17/h1-7,15H,23H2,(H,24,25). The number of rotatable bonds is 1. The number of para-hydroxylation sites is 1. The van der Waals surface area contributed by atoms with Gasteiger partial charge in [-0.2, -0.15) is 5.26 Å². The van der Waals surface area contributed by atoms with Crippen molar-refractivity contribution in [2.24, 2.45) is 5.73 Å². The maximum absolute atomic E-state index is 14.4. The van der Waals surface area contributed by atoms with Crippen molar-refractivity contribution < 1.29 is 13.5 Å². The fraction of sp³-hybridized carbons (Fsp3) is 0.0526. The predicted molar refractivity (Wildman–Crippen MR) is 90.2 cm³/mol. The van der Waals surface area contributed by atoms with E-state index in [0.29, 0.717) is 17.0 Å². The lowest BCUT2D eigenvalue weighted by atomic mass is 9.83. The van der Waals surface area contributed by atoms with E-state index in [-0.39, 0.29) is 28.3 Å². The second kappa shape index (κ2) is 5.70. The van der Waals surface area contributed by atoms with E-state index in [9.17, 15) is 18.8 Å². The Morgan fingerprint density at radius 3 is 2.69 bits per heavy atom. The van der Waals surface area contributed by atoms with Gasteiger partial charge in [0.1, 0.15) is 29.0 Å². The number of fused-ring (bicyclic) bond motifs is 3. The number of ether oxygens (including phenoxy) is 1. The molecule has 0 amide bonds. The number of aromatic nitrogens is 1. The lowest BCUT2D eigenvalue weighted by Crippen LogP contribution is -2.28. The molecule has 0 saturated heterocycles. The summed E-state index contributed by atoms with van der Waals surface area (Å²) in [4.78, 5) is 15.4. The first-order chi connectivity index (χ1) is 12.5. The number of nitriles is 1. The second-order valence-corrected chi connectivity index (χ2v) is 5.83. The Labute approximate surface area is 145 Å². The van der Waals surface area contributed by atoms with Crippen molar-refractivity contribution >= 4 is 10.9 Å². The average Bonchev–Trinajstić information content (AvgIpc) is 2.61. The Hall–Kier alpha value is -3.66. The molecular weight excluding hydrogens is 340 g/mol. The van der Waals surface area contributed by atoms with Gasteiger partial charge in [-0.25, -0.2) is 8.78 Å². The third kappa shape index (κ3) is 2.24. The number of allylic oxidation sites excluding steroid dienone is 1. The fourth-order valence-electron chi connectivity index (χ4n) is 3.22. The van der Waals surface area contributed by atoms with Crippen LogP contribution >= 0.6 is 0 Å². The molecule has 0 saturated carbocycles. The van der Waals surface area contributed by atoms with Crippen LogP contribution in [0.1, 0.15) is 17.0 Å². The van der Waals surface area contributed by atoms with E-state index < -0.39 is 23.1 Å². The maximum atomic E-state index is 14.4. The molecule has 2 aromatic carbocycles. The van der Waals surface area contributed by atoms with Crippen LogP contribution in [0.2, 0.25) is 0 Å². The van der Waals surface area contributed by atoms with Gasteiger partial charge in [0.25, 0.3) is 5.56 Å². The van der Waals surface area contributed by atoms with Gasteiger partial charge in [-0.1, -0.05) is 18.2 Å². The van der Waals surface area contributed by atoms with Crippen LogP contribution in [-0.2, 0) is 0 Å². The van der Waals surface area contributed by atoms with Crippen LogP contribution in [0.4, 0.5) is 8.78 Å². The van der Waals surface area contributed by atoms with Crippen molar-refractivity contribution in [2.75, 3.05) is 0 Å². The zero-order valence-electron chi connectivity index (χ0n) is 13.2. The van der Waals surface area contributed by atoms with Gasteiger partial charge in [0.05, 0.1) is 17.0 Å². The molecule has 3 aromatic rings. The first-order valence-corrected chi connectivity index (χ1v) is 7.68. The second-order valence-electron chi connectivity index (χ2n) is 5.83. The molecule has 2 heterocycles. The van der Waals surface area contributed by atoms with Gasteiger partial charge in [-0.15, -0.1) is 0 Å². The molecule has 1 aliphatic rings. The molecule has 1 aliphatic heterocycles. The SMILES string of the molecule is N#CC1=C(N)Oc2c(c(=O)[nH]c3ccccc23)C1c1ccc(F)cc1F. The van der Waals surface area contributed by atoms with Gasteiger partial charge in [-0.05, 0) is 18.2 Å².